The van der Waals surface area contributed by atoms with E-state index in [1.807, 2.05) is 0 Å². The lowest BCUT2D eigenvalue weighted by molar-refractivity contribution is 0.325. The summed E-state index contributed by atoms with van der Waals surface area (Å²) in [5.41, 5.74) is 6.80. The number of aromatic nitrogens is 1. The molecule has 15 heavy (non-hydrogen) atoms. The highest BCUT2D eigenvalue weighted by molar-refractivity contribution is 5.09. The van der Waals surface area contributed by atoms with Gasteiger partial charge < -0.3 is 15.2 Å². The van der Waals surface area contributed by atoms with Crippen molar-refractivity contribution in [3.63, 3.8) is 0 Å². The Balaban J connectivity index is 1.68. The summed E-state index contributed by atoms with van der Waals surface area (Å²) in [5.74, 6) is 0. The molecule has 0 amide bonds. The van der Waals surface area contributed by atoms with Gasteiger partial charge in [0.05, 0.1) is 0 Å². The fraction of sp³-hybridized carbons (Fsp3) is 0.667. The molecule has 0 unspecified atom stereocenters. The SMILES string of the molecule is NCc1ccn(CCCN2CCCC2)c1. The molecule has 1 fully saturated rings. The second-order valence-corrected chi connectivity index (χ2v) is 4.36. The lowest BCUT2D eigenvalue weighted by Crippen LogP contribution is -2.21. The third kappa shape index (κ3) is 3.08. The van der Waals surface area contributed by atoms with Crippen LogP contribution in [0.4, 0.5) is 0 Å². The molecule has 0 spiro atoms. The molecule has 1 aliphatic heterocycles. The van der Waals surface area contributed by atoms with Crippen molar-refractivity contribution < 1.29 is 0 Å². The van der Waals surface area contributed by atoms with Crippen LogP contribution in [0.25, 0.3) is 0 Å². The Morgan fingerprint density at radius 2 is 2.00 bits per heavy atom. The molecule has 2 N–H and O–H groups in total. The van der Waals surface area contributed by atoms with Gasteiger partial charge in [-0.25, -0.2) is 0 Å². The molecule has 0 aromatic carbocycles. The summed E-state index contributed by atoms with van der Waals surface area (Å²) in [4.78, 5) is 2.56. The number of nitrogens with zero attached hydrogens (tertiary/aromatic N) is 2. The fourth-order valence-electron chi connectivity index (χ4n) is 2.23. The molecule has 0 bridgehead atoms. The Kier molecular flexibility index (Phi) is 3.80. The number of likely N-dealkylation sites (tertiary alicyclic amines) is 1. The summed E-state index contributed by atoms with van der Waals surface area (Å²) in [5, 5.41) is 0. The van der Waals surface area contributed by atoms with Crippen LogP contribution in [0.5, 0.6) is 0 Å². The second kappa shape index (κ2) is 5.33. The van der Waals surface area contributed by atoms with Gasteiger partial charge in [0.15, 0.2) is 0 Å². The Morgan fingerprint density at radius 3 is 2.67 bits per heavy atom. The molecule has 0 atom stereocenters. The number of hydrogen-bond acceptors (Lipinski definition) is 2. The van der Waals surface area contributed by atoms with E-state index in [4.69, 9.17) is 5.73 Å². The molecule has 3 heteroatoms. The normalized spacial score (nSPS) is 17.4. The molecule has 1 saturated heterocycles. The number of rotatable bonds is 5. The van der Waals surface area contributed by atoms with Gasteiger partial charge in [-0.1, -0.05) is 0 Å². The van der Waals surface area contributed by atoms with Crippen LogP contribution >= 0.6 is 0 Å². The van der Waals surface area contributed by atoms with E-state index in [1.54, 1.807) is 0 Å². The average Bonchev–Trinajstić information content (AvgIpc) is 2.88. The van der Waals surface area contributed by atoms with Crippen LogP contribution in [-0.4, -0.2) is 29.1 Å². The van der Waals surface area contributed by atoms with Crippen LogP contribution in [0.3, 0.4) is 0 Å². The van der Waals surface area contributed by atoms with Crippen molar-refractivity contribution in [2.75, 3.05) is 19.6 Å². The van der Waals surface area contributed by atoms with Crippen LogP contribution in [0.15, 0.2) is 18.5 Å². The molecular weight excluding hydrogens is 186 g/mol. The zero-order chi connectivity index (χ0) is 10.5. The van der Waals surface area contributed by atoms with Gasteiger partial charge in [0, 0.05) is 25.5 Å². The van der Waals surface area contributed by atoms with Crippen LogP contribution in [0.2, 0.25) is 0 Å². The summed E-state index contributed by atoms with van der Waals surface area (Å²) in [6, 6.07) is 2.11. The summed E-state index contributed by atoms with van der Waals surface area (Å²) >= 11 is 0. The van der Waals surface area contributed by atoms with Crippen LogP contribution in [0, 0.1) is 0 Å². The minimum absolute atomic E-state index is 0.652. The van der Waals surface area contributed by atoms with Gasteiger partial charge in [-0.3, -0.25) is 0 Å². The van der Waals surface area contributed by atoms with Crippen molar-refractivity contribution in [1.82, 2.24) is 9.47 Å². The predicted octanol–water partition coefficient (Wildman–Crippen LogP) is 1.43. The molecule has 0 saturated carbocycles. The fourth-order valence-corrected chi connectivity index (χ4v) is 2.23. The van der Waals surface area contributed by atoms with Crippen molar-refractivity contribution in [2.24, 2.45) is 5.73 Å². The maximum atomic E-state index is 5.57. The van der Waals surface area contributed by atoms with Gasteiger partial charge in [-0.15, -0.1) is 0 Å². The molecular formula is C12H21N3. The van der Waals surface area contributed by atoms with Crippen LogP contribution in [-0.2, 0) is 13.1 Å². The molecule has 84 valence electrons. The highest BCUT2D eigenvalue weighted by Gasteiger charge is 2.10. The Bertz CT molecular complexity index is 287. The standard InChI is InChI=1S/C12H21N3/c13-10-12-4-9-15(11-12)8-3-7-14-5-1-2-6-14/h4,9,11H,1-3,5-8,10,13H2. The van der Waals surface area contributed by atoms with Gasteiger partial charge >= 0.3 is 0 Å². The largest absolute Gasteiger partial charge is 0.354 e. The van der Waals surface area contributed by atoms with Crippen LogP contribution in [0.1, 0.15) is 24.8 Å². The quantitative estimate of drug-likeness (QED) is 0.792. The molecule has 1 aromatic rings. The first-order valence-electron chi connectivity index (χ1n) is 5.95. The Morgan fingerprint density at radius 1 is 1.20 bits per heavy atom. The first-order chi connectivity index (χ1) is 7.38. The summed E-state index contributed by atoms with van der Waals surface area (Å²) in [6.07, 6.45) is 8.32. The molecule has 1 aromatic heterocycles. The minimum Gasteiger partial charge on any atom is -0.354 e. The summed E-state index contributed by atoms with van der Waals surface area (Å²) < 4.78 is 2.25. The molecule has 2 heterocycles. The van der Waals surface area contributed by atoms with E-state index in [1.165, 1.54) is 44.5 Å². The monoisotopic (exact) mass is 207 g/mol. The number of nitrogens with two attached hydrogens (primary N) is 1. The van der Waals surface area contributed by atoms with E-state index < -0.39 is 0 Å². The Hall–Kier alpha value is -0.800. The van der Waals surface area contributed by atoms with Gasteiger partial charge in [0.25, 0.3) is 0 Å². The molecule has 2 rings (SSSR count). The van der Waals surface area contributed by atoms with E-state index >= 15 is 0 Å². The first kappa shape index (κ1) is 10.7. The first-order valence-corrected chi connectivity index (χ1v) is 5.95. The van der Waals surface area contributed by atoms with Crippen molar-refractivity contribution in [3.05, 3.63) is 24.0 Å². The van der Waals surface area contributed by atoms with Crippen LogP contribution < -0.4 is 5.73 Å². The maximum Gasteiger partial charge on any atom is 0.0231 e. The topological polar surface area (TPSA) is 34.2 Å². The van der Waals surface area contributed by atoms with E-state index in [0.29, 0.717) is 6.54 Å². The summed E-state index contributed by atoms with van der Waals surface area (Å²) in [6.45, 7) is 5.63. The van der Waals surface area contributed by atoms with Crippen molar-refractivity contribution in [3.8, 4) is 0 Å². The van der Waals surface area contributed by atoms with E-state index in [9.17, 15) is 0 Å². The van der Waals surface area contributed by atoms with Gasteiger partial charge in [-0.05, 0) is 50.5 Å². The highest BCUT2D eigenvalue weighted by Crippen LogP contribution is 2.08. The predicted molar refractivity (Wildman–Crippen MR) is 62.6 cm³/mol. The lowest BCUT2D eigenvalue weighted by atomic mass is 10.3. The van der Waals surface area contributed by atoms with Crippen molar-refractivity contribution in [1.29, 1.82) is 0 Å². The van der Waals surface area contributed by atoms with Gasteiger partial charge in [0.1, 0.15) is 0 Å². The average molecular weight is 207 g/mol. The third-order valence-corrected chi connectivity index (χ3v) is 3.14. The molecule has 3 nitrogen and oxygen atoms in total. The molecule has 0 aliphatic carbocycles. The van der Waals surface area contributed by atoms with Gasteiger partial charge in [0.2, 0.25) is 0 Å². The van der Waals surface area contributed by atoms with Crippen molar-refractivity contribution in [2.45, 2.75) is 32.4 Å². The maximum absolute atomic E-state index is 5.57. The highest BCUT2D eigenvalue weighted by atomic mass is 15.1. The molecule has 1 aliphatic rings. The van der Waals surface area contributed by atoms with Gasteiger partial charge in [-0.2, -0.15) is 0 Å². The lowest BCUT2D eigenvalue weighted by Gasteiger charge is -2.14. The van der Waals surface area contributed by atoms with E-state index in [0.717, 1.165) is 6.54 Å². The van der Waals surface area contributed by atoms with E-state index in [2.05, 4.69) is 27.9 Å². The number of hydrogen-bond donors (Lipinski definition) is 1. The third-order valence-electron chi connectivity index (χ3n) is 3.14. The smallest absolute Gasteiger partial charge is 0.0231 e. The van der Waals surface area contributed by atoms with E-state index in [-0.39, 0.29) is 0 Å². The zero-order valence-electron chi connectivity index (χ0n) is 9.36. The minimum atomic E-state index is 0.652. The number of aryl methyl sites for hydroxylation is 1. The second-order valence-electron chi connectivity index (χ2n) is 4.36. The van der Waals surface area contributed by atoms with Crippen molar-refractivity contribution >= 4 is 0 Å². The summed E-state index contributed by atoms with van der Waals surface area (Å²) in [7, 11) is 0. The molecule has 0 radical (unpaired) electrons. The Labute approximate surface area is 91.9 Å². The zero-order valence-corrected chi connectivity index (χ0v) is 9.36.